The van der Waals surface area contributed by atoms with E-state index in [0.29, 0.717) is 6.07 Å². The molecule has 1 rings (SSSR count). The van der Waals surface area contributed by atoms with Crippen molar-refractivity contribution in [2.75, 3.05) is 0 Å². The van der Waals surface area contributed by atoms with E-state index in [-0.39, 0.29) is 5.69 Å². The molecule has 0 heterocycles. The van der Waals surface area contributed by atoms with Crippen molar-refractivity contribution in [2.24, 2.45) is 5.11 Å². The highest BCUT2D eigenvalue weighted by atomic mass is 35.5. The number of hydrogen-bond donors (Lipinski definition) is 0. The third-order valence-electron chi connectivity index (χ3n) is 1.37. The first-order valence-corrected chi connectivity index (χ1v) is 3.55. The summed E-state index contributed by atoms with van der Waals surface area (Å²) in [5, 5.41) is 2.21. The highest BCUT2D eigenvalue weighted by Gasteiger charge is 2.33. The Morgan fingerprint density at radius 2 is 1.92 bits per heavy atom. The molecular formula is C7H3ClF3N2-. The van der Waals surface area contributed by atoms with Crippen molar-refractivity contribution < 1.29 is 13.2 Å². The van der Waals surface area contributed by atoms with Gasteiger partial charge in [0.25, 0.3) is 0 Å². The molecule has 0 N–H and O–H groups in total. The minimum atomic E-state index is -4.53. The maximum absolute atomic E-state index is 12.2. The van der Waals surface area contributed by atoms with Crippen molar-refractivity contribution in [1.82, 2.24) is 0 Å². The minimum absolute atomic E-state index is 0.184. The summed E-state index contributed by atoms with van der Waals surface area (Å²) in [6.45, 7) is 0. The molecule has 0 aliphatic heterocycles. The van der Waals surface area contributed by atoms with Gasteiger partial charge in [0.15, 0.2) is 0 Å². The molecule has 0 bridgehead atoms. The van der Waals surface area contributed by atoms with Gasteiger partial charge in [-0.2, -0.15) is 13.2 Å². The van der Waals surface area contributed by atoms with E-state index in [1.165, 1.54) is 6.07 Å². The van der Waals surface area contributed by atoms with Crippen LogP contribution in [0.4, 0.5) is 18.9 Å². The summed E-state index contributed by atoms with van der Waals surface area (Å²) < 4.78 is 36.5. The number of benzene rings is 1. The highest BCUT2D eigenvalue weighted by Crippen LogP contribution is 2.36. The van der Waals surface area contributed by atoms with Crippen molar-refractivity contribution in [3.05, 3.63) is 34.3 Å². The van der Waals surface area contributed by atoms with Crippen molar-refractivity contribution >= 4 is 17.3 Å². The average molecular weight is 208 g/mol. The summed E-state index contributed by atoms with van der Waals surface area (Å²) in [7, 11) is 0. The maximum Gasteiger partial charge on any atom is 0.417 e. The molecule has 6 heteroatoms. The summed E-state index contributed by atoms with van der Waals surface area (Å²) in [4.78, 5) is 0. The number of halogens is 4. The van der Waals surface area contributed by atoms with Crippen LogP contribution in [0.1, 0.15) is 5.56 Å². The van der Waals surface area contributed by atoms with Gasteiger partial charge in [0.2, 0.25) is 0 Å². The topological polar surface area (TPSA) is 34.7 Å². The highest BCUT2D eigenvalue weighted by molar-refractivity contribution is 6.31. The van der Waals surface area contributed by atoms with E-state index in [1.807, 2.05) is 0 Å². The molecule has 0 atom stereocenters. The number of nitrogens with zero attached hydrogens (tertiary/aromatic N) is 2. The van der Waals surface area contributed by atoms with Gasteiger partial charge in [-0.15, -0.1) is 0 Å². The van der Waals surface area contributed by atoms with Crippen molar-refractivity contribution in [2.45, 2.75) is 6.18 Å². The molecule has 2 nitrogen and oxygen atoms in total. The van der Waals surface area contributed by atoms with Crippen LogP contribution in [0.5, 0.6) is 0 Å². The Balaban J connectivity index is 3.27. The molecule has 0 amide bonds. The Labute approximate surface area is 76.8 Å². The van der Waals surface area contributed by atoms with Crippen LogP contribution in [-0.2, 0) is 6.18 Å². The molecular weight excluding hydrogens is 205 g/mol. The first kappa shape index (κ1) is 9.98. The molecule has 13 heavy (non-hydrogen) atoms. The number of rotatable bonds is 1. The first-order valence-electron chi connectivity index (χ1n) is 3.17. The van der Waals surface area contributed by atoms with Crippen LogP contribution in [0.3, 0.4) is 0 Å². The van der Waals surface area contributed by atoms with Gasteiger partial charge in [0, 0.05) is 5.69 Å². The summed E-state index contributed by atoms with van der Waals surface area (Å²) >= 11 is 5.29. The quantitative estimate of drug-likeness (QED) is 0.624. The molecule has 1 aromatic rings. The van der Waals surface area contributed by atoms with Gasteiger partial charge < -0.3 is 10.6 Å². The molecule has 0 saturated heterocycles. The van der Waals surface area contributed by atoms with E-state index in [1.54, 1.807) is 0 Å². The van der Waals surface area contributed by atoms with Crippen molar-refractivity contribution in [1.29, 1.82) is 0 Å². The second-order valence-corrected chi connectivity index (χ2v) is 2.67. The fourth-order valence-corrected chi connectivity index (χ4v) is 1.02. The fourth-order valence-electron chi connectivity index (χ4n) is 0.793. The van der Waals surface area contributed by atoms with Crippen molar-refractivity contribution in [3.8, 4) is 0 Å². The summed E-state index contributed by atoms with van der Waals surface area (Å²) in [6.07, 6.45) is -4.53. The maximum atomic E-state index is 12.2. The van der Waals surface area contributed by atoms with E-state index in [2.05, 4.69) is 5.11 Å². The molecule has 0 radical (unpaired) electrons. The lowest BCUT2D eigenvalue weighted by molar-refractivity contribution is -0.137. The van der Waals surface area contributed by atoms with Gasteiger partial charge >= 0.3 is 6.18 Å². The third kappa shape index (κ3) is 2.18. The van der Waals surface area contributed by atoms with Crippen LogP contribution in [0.2, 0.25) is 5.02 Å². The predicted molar refractivity (Wildman–Crippen MR) is 41.9 cm³/mol. The van der Waals surface area contributed by atoms with E-state index >= 15 is 0 Å². The molecule has 1 aromatic carbocycles. The molecule has 0 unspecified atom stereocenters. The first-order chi connectivity index (χ1) is 5.95. The average Bonchev–Trinajstić information content (AvgIpc) is 2.03. The standard InChI is InChI=1S/C7H3ClF3N2/c8-6-2-1-4(13-12)3-5(6)7(9,10)11/h1-3H/q-1. The zero-order chi connectivity index (χ0) is 10.1. The normalized spacial score (nSPS) is 11.4. The Kier molecular flexibility index (Phi) is 2.56. The number of hydrogen-bond acceptors (Lipinski definition) is 1. The van der Waals surface area contributed by atoms with Crippen LogP contribution in [0, 0.1) is 0 Å². The van der Waals surface area contributed by atoms with Crippen LogP contribution in [0.15, 0.2) is 23.3 Å². The summed E-state index contributed by atoms with van der Waals surface area (Å²) in [6, 6.07) is 2.87. The largest absolute Gasteiger partial charge is 0.706 e. The molecule has 0 saturated carbocycles. The SMILES string of the molecule is [N-]=Nc1ccc(Cl)c(C(F)(F)F)c1. The van der Waals surface area contributed by atoms with Crippen LogP contribution in [0.25, 0.3) is 5.53 Å². The van der Waals surface area contributed by atoms with Gasteiger partial charge in [0.05, 0.1) is 10.6 Å². The molecule has 0 aromatic heterocycles. The van der Waals surface area contributed by atoms with Crippen molar-refractivity contribution in [3.63, 3.8) is 0 Å². The number of alkyl halides is 3. The van der Waals surface area contributed by atoms with E-state index in [0.717, 1.165) is 6.07 Å². The monoisotopic (exact) mass is 207 g/mol. The van der Waals surface area contributed by atoms with Gasteiger partial charge in [-0.05, 0) is 18.2 Å². The van der Waals surface area contributed by atoms with E-state index < -0.39 is 16.8 Å². The molecule has 0 spiro atoms. The van der Waals surface area contributed by atoms with Crippen LogP contribution in [-0.4, -0.2) is 0 Å². The smallest absolute Gasteiger partial charge is 0.417 e. The third-order valence-corrected chi connectivity index (χ3v) is 1.70. The van der Waals surface area contributed by atoms with Gasteiger partial charge in [-0.1, -0.05) is 11.6 Å². The Bertz CT molecular complexity index is 335. The fraction of sp³-hybridized carbons (Fsp3) is 0.143. The Hall–Kier alpha value is -1.10. The Morgan fingerprint density at radius 3 is 2.38 bits per heavy atom. The van der Waals surface area contributed by atoms with Gasteiger partial charge in [-0.25, -0.2) is 0 Å². The molecule has 0 fully saturated rings. The lowest BCUT2D eigenvalue weighted by Crippen LogP contribution is -2.05. The second kappa shape index (κ2) is 3.33. The molecule has 70 valence electrons. The lowest BCUT2D eigenvalue weighted by Gasteiger charge is -2.09. The van der Waals surface area contributed by atoms with E-state index in [9.17, 15) is 13.2 Å². The second-order valence-electron chi connectivity index (χ2n) is 2.26. The van der Waals surface area contributed by atoms with E-state index in [4.69, 9.17) is 17.1 Å². The van der Waals surface area contributed by atoms with Gasteiger partial charge in [-0.3, -0.25) is 0 Å². The van der Waals surface area contributed by atoms with Gasteiger partial charge in [0.1, 0.15) is 0 Å². The zero-order valence-electron chi connectivity index (χ0n) is 6.14. The zero-order valence-corrected chi connectivity index (χ0v) is 6.89. The Morgan fingerprint density at radius 1 is 1.31 bits per heavy atom. The van der Waals surface area contributed by atoms with Crippen LogP contribution >= 0.6 is 11.6 Å². The summed E-state index contributed by atoms with van der Waals surface area (Å²) in [5.74, 6) is 0. The predicted octanol–water partition coefficient (Wildman–Crippen LogP) is 4.01. The van der Waals surface area contributed by atoms with Crippen LogP contribution < -0.4 is 0 Å². The summed E-state index contributed by atoms with van der Waals surface area (Å²) in [5.41, 5.74) is 7.04. The lowest BCUT2D eigenvalue weighted by atomic mass is 10.2. The molecule has 0 aliphatic rings. The molecule has 0 aliphatic carbocycles. The minimum Gasteiger partial charge on any atom is -0.706 e.